The van der Waals surface area contributed by atoms with Crippen LogP contribution in [0.5, 0.6) is 0 Å². The highest BCUT2D eigenvalue weighted by molar-refractivity contribution is 6.45. The lowest BCUT2D eigenvalue weighted by Crippen LogP contribution is -2.43. The molecule has 0 fully saturated rings. The highest BCUT2D eigenvalue weighted by atomic mass is 16.4. The Morgan fingerprint density at radius 2 is 1.62 bits per heavy atom. The van der Waals surface area contributed by atoms with Gasteiger partial charge in [-0.05, 0) is 30.4 Å². The highest BCUT2D eigenvalue weighted by Gasteiger charge is 2.41. The van der Waals surface area contributed by atoms with Crippen LogP contribution in [0.25, 0.3) is 0 Å². The lowest BCUT2D eigenvalue weighted by Gasteiger charge is -2.33. The minimum absolute atomic E-state index is 0.521. The molecule has 0 saturated carbocycles. The van der Waals surface area contributed by atoms with E-state index < -0.39 is 12.4 Å². The molecule has 0 amide bonds. The molecule has 2 N–H and O–H groups in total. The van der Waals surface area contributed by atoms with Gasteiger partial charge in [-0.2, -0.15) is 0 Å². The maximum absolute atomic E-state index is 9.69. The third kappa shape index (κ3) is 2.16. The molecule has 0 aromatic heterocycles. The maximum atomic E-state index is 9.69. The summed E-state index contributed by atoms with van der Waals surface area (Å²) in [4.78, 5) is 0. The van der Waals surface area contributed by atoms with Crippen LogP contribution in [0.1, 0.15) is 44.7 Å². The van der Waals surface area contributed by atoms with Crippen molar-refractivity contribution in [1.82, 2.24) is 0 Å². The largest absolute Gasteiger partial charge is 0.462 e. The summed E-state index contributed by atoms with van der Waals surface area (Å²) in [5.41, 5.74) is 2.29. The second-order valence-corrected chi connectivity index (χ2v) is 4.25. The Kier molecular flexibility index (Phi) is 4.57. The average Bonchev–Trinajstić information content (AvgIpc) is 2.31. The van der Waals surface area contributed by atoms with E-state index in [9.17, 15) is 10.0 Å². The van der Waals surface area contributed by atoms with Crippen LogP contribution in [0.15, 0.2) is 24.3 Å². The topological polar surface area (TPSA) is 40.5 Å². The van der Waals surface area contributed by atoms with E-state index in [0.717, 1.165) is 24.8 Å². The van der Waals surface area contributed by atoms with Crippen molar-refractivity contribution in [2.75, 3.05) is 0 Å². The third-order valence-electron chi connectivity index (χ3n) is 3.69. The first-order valence-corrected chi connectivity index (χ1v) is 6.06. The van der Waals surface area contributed by atoms with Crippen molar-refractivity contribution in [3.8, 4) is 0 Å². The van der Waals surface area contributed by atoms with E-state index in [2.05, 4.69) is 13.0 Å². The van der Waals surface area contributed by atoms with Crippen molar-refractivity contribution in [3.05, 3.63) is 35.4 Å². The van der Waals surface area contributed by atoms with Crippen LogP contribution in [-0.4, -0.2) is 17.2 Å². The van der Waals surface area contributed by atoms with Crippen LogP contribution >= 0.6 is 0 Å². The van der Waals surface area contributed by atoms with Gasteiger partial charge in [0.15, 0.2) is 0 Å². The Morgan fingerprint density at radius 3 is 2.06 bits per heavy atom. The molecule has 0 saturated heterocycles. The molecule has 0 aliphatic heterocycles. The average molecular weight is 220 g/mol. The summed E-state index contributed by atoms with van der Waals surface area (Å²) in [7, 11) is -1.30. The fourth-order valence-corrected chi connectivity index (χ4v) is 2.45. The second-order valence-electron chi connectivity index (χ2n) is 4.25. The summed E-state index contributed by atoms with van der Waals surface area (Å²) in [5.74, 6) is 0. The van der Waals surface area contributed by atoms with Gasteiger partial charge in [-0.3, -0.25) is 0 Å². The van der Waals surface area contributed by atoms with E-state index in [-0.39, 0.29) is 0 Å². The SMILES string of the molecule is CCc1ccccc1C(CC)(CC)B(O)O. The number of hydrogen-bond donors (Lipinski definition) is 2. The van der Waals surface area contributed by atoms with E-state index in [1.165, 1.54) is 5.56 Å². The van der Waals surface area contributed by atoms with Crippen molar-refractivity contribution in [1.29, 1.82) is 0 Å². The van der Waals surface area contributed by atoms with Crippen LogP contribution in [0, 0.1) is 0 Å². The van der Waals surface area contributed by atoms with Crippen molar-refractivity contribution in [3.63, 3.8) is 0 Å². The summed E-state index contributed by atoms with van der Waals surface area (Å²) < 4.78 is 0. The molecular formula is C13H21BO2. The van der Waals surface area contributed by atoms with Gasteiger partial charge in [0.25, 0.3) is 0 Å². The lowest BCUT2D eigenvalue weighted by atomic mass is 9.51. The third-order valence-corrected chi connectivity index (χ3v) is 3.69. The van der Waals surface area contributed by atoms with Crippen LogP contribution in [0.3, 0.4) is 0 Å². The predicted molar refractivity (Wildman–Crippen MR) is 68.3 cm³/mol. The zero-order chi connectivity index (χ0) is 12.2. The molecule has 0 unspecified atom stereocenters. The zero-order valence-electron chi connectivity index (χ0n) is 10.4. The molecule has 88 valence electrons. The Labute approximate surface area is 98.5 Å². The summed E-state index contributed by atoms with van der Waals surface area (Å²) in [6.07, 6.45) is 2.39. The minimum Gasteiger partial charge on any atom is -0.426 e. The molecule has 2 nitrogen and oxygen atoms in total. The summed E-state index contributed by atoms with van der Waals surface area (Å²) in [5, 5.41) is 18.9. The molecule has 0 aliphatic rings. The first-order chi connectivity index (χ1) is 7.62. The zero-order valence-corrected chi connectivity index (χ0v) is 10.4. The molecule has 0 radical (unpaired) electrons. The molecule has 16 heavy (non-hydrogen) atoms. The molecule has 0 spiro atoms. The van der Waals surface area contributed by atoms with Gasteiger partial charge in [-0.25, -0.2) is 0 Å². The van der Waals surface area contributed by atoms with E-state index in [4.69, 9.17) is 0 Å². The van der Waals surface area contributed by atoms with Gasteiger partial charge in [0.1, 0.15) is 0 Å². The molecule has 0 bridgehead atoms. The van der Waals surface area contributed by atoms with Crippen LogP contribution in [-0.2, 0) is 11.7 Å². The summed E-state index contributed by atoms with van der Waals surface area (Å²) in [6.45, 7) is 6.11. The summed E-state index contributed by atoms with van der Waals surface area (Å²) >= 11 is 0. The maximum Gasteiger partial charge on any atom is 0.462 e. The van der Waals surface area contributed by atoms with E-state index >= 15 is 0 Å². The van der Waals surface area contributed by atoms with Crippen LogP contribution < -0.4 is 0 Å². The molecule has 3 heteroatoms. The molecule has 1 rings (SSSR count). The van der Waals surface area contributed by atoms with Crippen LogP contribution in [0.4, 0.5) is 0 Å². The van der Waals surface area contributed by atoms with Gasteiger partial charge in [-0.1, -0.05) is 45.0 Å². The van der Waals surface area contributed by atoms with Gasteiger partial charge in [0.05, 0.1) is 0 Å². The van der Waals surface area contributed by atoms with Gasteiger partial charge in [0.2, 0.25) is 0 Å². The monoisotopic (exact) mass is 220 g/mol. The Bertz CT molecular complexity index is 332. The Balaban J connectivity index is 3.30. The van der Waals surface area contributed by atoms with Crippen molar-refractivity contribution < 1.29 is 10.0 Å². The molecule has 1 aromatic rings. The first-order valence-electron chi connectivity index (χ1n) is 6.06. The smallest absolute Gasteiger partial charge is 0.426 e. The molecule has 0 heterocycles. The Morgan fingerprint density at radius 1 is 1.06 bits per heavy atom. The standard InChI is InChI=1S/C13H21BO2/c1-4-11-9-7-8-10-12(11)13(5-2,6-3)14(15)16/h7-10,15-16H,4-6H2,1-3H3. The fourth-order valence-electron chi connectivity index (χ4n) is 2.45. The van der Waals surface area contributed by atoms with Gasteiger partial charge >= 0.3 is 7.12 Å². The van der Waals surface area contributed by atoms with Crippen molar-refractivity contribution >= 4 is 7.12 Å². The predicted octanol–water partition coefficient (Wildman–Crippen LogP) is 2.32. The number of hydrogen-bond acceptors (Lipinski definition) is 2. The number of rotatable bonds is 5. The van der Waals surface area contributed by atoms with Crippen molar-refractivity contribution in [2.45, 2.75) is 45.3 Å². The highest BCUT2D eigenvalue weighted by Crippen LogP contribution is 2.35. The van der Waals surface area contributed by atoms with Crippen molar-refractivity contribution in [2.24, 2.45) is 0 Å². The lowest BCUT2D eigenvalue weighted by molar-refractivity contribution is 0.327. The fraction of sp³-hybridized carbons (Fsp3) is 0.538. The van der Waals surface area contributed by atoms with E-state index in [0.29, 0.717) is 0 Å². The Hall–Kier alpha value is -0.795. The quantitative estimate of drug-likeness (QED) is 0.747. The van der Waals surface area contributed by atoms with Crippen LogP contribution in [0.2, 0.25) is 0 Å². The summed E-state index contributed by atoms with van der Waals surface area (Å²) in [6, 6.07) is 8.06. The van der Waals surface area contributed by atoms with Gasteiger partial charge in [0, 0.05) is 5.31 Å². The normalized spacial score (nSPS) is 11.6. The minimum atomic E-state index is -1.30. The first kappa shape index (κ1) is 13.3. The van der Waals surface area contributed by atoms with Gasteiger partial charge < -0.3 is 10.0 Å². The number of aryl methyl sites for hydroxylation is 1. The molecule has 1 aromatic carbocycles. The molecular weight excluding hydrogens is 199 g/mol. The second kappa shape index (κ2) is 5.51. The molecule has 0 atom stereocenters. The van der Waals surface area contributed by atoms with Gasteiger partial charge in [-0.15, -0.1) is 0 Å². The molecule has 0 aliphatic carbocycles. The van der Waals surface area contributed by atoms with E-state index in [1.54, 1.807) is 0 Å². The van der Waals surface area contributed by atoms with E-state index in [1.807, 2.05) is 32.0 Å². The number of benzene rings is 1.